The number of allylic oxidation sites excluding steroid dienone is 2. The molecule has 8 nitrogen and oxygen atoms in total. The Morgan fingerprint density at radius 1 is 1.30 bits per heavy atom. The maximum atomic E-state index is 13.9. The number of benzene rings is 1. The van der Waals surface area contributed by atoms with Crippen LogP contribution in [0.3, 0.4) is 0 Å². The number of rotatable bonds is 6. The molecule has 1 aromatic carbocycles. The summed E-state index contributed by atoms with van der Waals surface area (Å²) in [6.07, 6.45) is 7.04. The van der Waals surface area contributed by atoms with Crippen LogP contribution in [0.4, 0.5) is 4.39 Å². The van der Waals surface area contributed by atoms with Crippen LogP contribution in [0.2, 0.25) is 5.02 Å². The van der Waals surface area contributed by atoms with Crippen molar-refractivity contribution < 1.29 is 13.7 Å². The van der Waals surface area contributed by atoms with Gasteiger partial charge in [0, 0.05) is 36.2 Å². The third kappa shape index (κ3) is 5.62. The molecule has 4 heterocycles. The van der Waals surface area contributed by atoms with Crippen LogP contribution in [0.15, 0.2) is 82.9 Å². The summed E-state index contributed by atoms with van der Waals surface area (Å²) in [5.74, 6) is -0.175. The van der Waals surface area contributed by atoms with Crippen LogP contribution in [0.1, 0.15) is 32.2 Å². The first-order valence-electron chi connectivity index (χ1n) is 11.7. The molecule has 3 aromatic heterocycles. The SMILES string of the molecule is C=C1C(C(=O)NCc2noc(-c3c[nH]c4ncccc34)n2)=CC(C)=CN1Cc1ccc(Cl)c(F)c1.CC. The highest BCUT2D eigenvalue weighted by Gasteiger charge is 2.22. The minimum absolute atomic E-state index is 0.0592. The molecule has 0 radical (unpaired) electrons. The van der Waals surface area contributed by atoms with E-state index in [0.717, 1.165) is 16.5 Å². The Morgan fingerprint density at radius 2 is 2.11 bits per heavy atom. The van der Waals surface area contributed by atoms with E-state index in [1.54, 1.807) is 29.4 Å². The second-order valence-electron chi connectivity index (χ2n) is 8.05. The molecule has 5 rings (SSSR count). The summed E-state index contributed by atoms with van der Waals surface area (Å²) in [5.41, 5.74) is 3.89. The van der Waals surface area contributed by atoms with Crippen molar-refractivity contribution in [1.82, 2.24) is 30.3 Å². The number of nitrogens with one attached hydrogen (secondary N) is 2. The van der Waals surface area contributed by atoms with E-state index < -0.39 is 5.82 Å². The average molecular weight is 521 g/mol. The average Bonchev–Trinajstić information content (AvgIpc) is 3.55. The van der Waals surface area contributed by atoms with Crippen molar-refractivity contribution in [3.8, 4) is 11.5 Å². The van der Waals surface area contributed by atoms with E-state index in [2.05, 4.69) is 32.0 Å². The van der Waals surface area contributed by atoms with Crippen molar-refractivity contribution in [2.45, 2.75) is 33.9 Å². The molecule has 0 unspecified atom stereocenters. The maximum absolute atomic E-state index is 13.9. The fraction of sp³-hybridized carbons (Fsp3) is 0.185. The number of halogens is 2. The van der Waals surface area contributed by atoms with Crippen LogP contribution in [-0.2, 0) is 17.9 Å². The smallest absolute Gasteiger partial charge is 0.260 e. The molecule has 0 saturated carbocycles. The first-order valence-corrected chi connectivity index (χ1v) is 12.1. The van der Waals surface area contributed by atoms with Crippen molar-refractivity contribution in [2.75, 3.05) is 0 Å². The van der Waals surface area contributed by atoms with Crippen LogP contribution in [0.5, 0.6) is 0 Å². The zero-order valence-electron chi connectivity index (χ0n) is 20.7. The highest BCUT2D eigenvalue weighted by atomic mass is 35.5. The van der Waals surface area contributed by atoms with Crippen molar-refractivity contribution in [2.24, 2.45) is 0 Å². The first kappa shape index (κ1) is 25.8. The van der Waals surface area contributed by atoms with E-state index in [0.29, 0.717) is 40.7 Å². The summed E-state index contributed by atoms with van der Waals surface area (Å²) in [6, 6.07) is 8.34. The van der Waals surface area contributed by atoms with Gasteiger partial charge in [-0.25, -0.2) is 9.37 Å². The van der Waals surface area contributed by atoms with E-state index in [4.69, 9.17) is 16.1 Å². The van der Waals surface area contributed by atoms with Crippen molar-refractivity contribution in [1.29, 1.82) is 0 Å². The number of hydrogen-bond donors (Lipinski definition) is 2. The fourth-order valence-electron chi connectivity index (χ4n) is 3.82. The Hall–Kier alpha value is -4.24. The van der Waals surface area contributed by atoms with Gasteiger partial charge in [-0.05, 0) is 48.4 Å². The lowest BCUT2D eigenvalue weighted by atomic mass is 10.0. The lowest BCUT2D eigenvalue weighted by Gasteiger charge is -2.28. The predicted molar refractivity (Wildman–Crippen MR) is 141 cm³/mol. The van der Waals surface area contributed by atoms with Crippen LogP contribution >= 0.6 is 11.6 Å². The van der Waals surface area contributed by atoms with Crippen LogP contribution in [-0.4, -0.2) is 30.9 Å². The van der Waals surface area contributed by atoms with Crippen molar-refractivity contribution in [3.05, 3.63) is 101 Å². The summed E-state index contributed by atoms with van der Waals surface area (Å²) in [4.78, 5) is 26.5. The molecule has 0 spiro atoms. The van der Waals surface area contributed by atoms with Gasteiger partial charge >= 0.3 is 0 Å². The number of pyridine rings is 1. The van der Waals surface area contributed by atoms with Crippen LogP contribution in [0, 0.1) is 5.82 Å². The monoisotopic (exact) mass is 520 g/mol. The zero-order valence-corrected chi connectivity index (χ0v) is 21.4. The molecule has 0 aliphatic carbocycles. The van der Waals surface area contributed by atoms with E-state index in [1.807, 2.05) is 39.1 Å². The number of aromatic nitrogens is 4. The summed E-state index contributed by atoms with van der Waals surface area (Å²) >= 11 is 5.78. The number of fused-ring (bicyclic) bond motifs is 1. The van der Waals surface area contributed by atoms with Gasteiger partial charge in [0.1, 0.15) is 11.5 Å². The van der Waals surface area contributed by atoms with Crippen LogP contribution in [0.25, 0.3) is 22.5 Å². The van der Waals surface area contributed by atoms with Gasteiger partial charge in [0.15, 0.2) is 5.82 Å². The highest BCUT2D eigenvalue weighted by Crippen LogP contribution is 2.27. The Morgan fingerprint density at radius 3 is 2.89 bits per heavy atom. The molecule has 1 aliphatic rings. The molecule has 0 atom stereocenters. The van der Waals surface area contributed by atoms with E-state index in [-0.39, 0.29) is 17.5 Å². The molecule has 0 bridgehead atoms. The highest BCUT2D eigenvalue weighted by molar-refractivity contribution is 6.30. The third-order valence-corrected chi connectivity index (χ3v) is 5.83. The van der Waals surface area contributed by atoms with Crippen molar-refractivity contribution in [3.63, 3.8) is 0 Å². The minimum atomic E-state index is -0.496. The topological polar surface area (TPSA) is 99.9 Å². The summed E-state index contributed by atoms with van der Waals surface area (Å²) in [5, 5.41) is 7.70. The number of nitrogens with zero attached hydrogens (tertiary/aromatic N) is 4. The number of carbonyl (C=O) groups excluding carboxylic acids is 1. The first-order chi connectivity index (χ1) is 17.9. The molecule has 0 fully saturated rings. The maximum Gasteiger partial charge on any atom is 0.260 e. The van der Waals surface area contributed by atoms with Gasteiger partial charge in [-0.1, -0.05) is 43.3 Å². The molecule has 190 valence electrons. The second kappa shape index (κ2) is 11.2. The number of H-pyrrole nitrogens is 1. The fourth-order valence-corrected chi connectivity index (χ4v) is 3.94. The zero-order chi connectivity index (χ0) is 26.5. The predicted octanol–water partition coefficient (Wildman–Crippen LogP) is 5.91. The normalized spacial score (nSPS) is 13.1. The summed E-state index contributed by atoms with van der Waals surface area (Å²) in [6.45, 7) is 10.3. The number of carbonyl (C=O) groups is 1. The van der Waals surface area contributed by atoms with E-state index in [9.17, 15) is 9.18 Å². The van der Waals surface area contributed by atoms with Gasteiger partial charge < -0.3 is 19.7 Å². The third-order valence-electron chi connectivity index (χ3n) is 5.53. The van der Waals surface area contributed by atoms with Crippen LogP contribution < -0.4 is 5.32 Å². The van der Waals surface area contributed by atoms with Gasteiger partial charge in [0.05, 0.1) is 22.7 Å². The Balaban J connectivity index is 0.00000156. The molecule has 1 aliphatic heterocycles. The molecule has 10 heteroatoms. The summed E-state index contributed by atoms with van der Waals surface area (Å²) < 4.78 is 19.2. The lowest BCUT2D eigenvalue weighted by molar-refractivity contribution is -0.117. The Bertz CT molecular complexity index is 1520. The molecular weight excluding hydrogens is 495 g/mol. The second-order valence-corrected chi connectivity index (χ2v) is 8.46. The number of hydrogen-bond acceptors (Lipinski definition) is 6. The molecule has 37 heavy (non-hydrogen) atoms. The quantitative estimate of drug-likeness (QED) is 0.328. The standard InChI is InChI=1S/C25H20ClFN6O2.C2H6/c1-14-8-18(15(2)33(12-14)13-16-5-6-20(26)21(27)9-16)24(34)30-11-22-31-25(35-32-22)19-10-29-23-17(19)4-3-7-28-23;1-2/h3-10,12H,2,11,13H2,1H3,(H,28,29)(H,30,34);1-2H3. The lowest BCUT2D eigenvalue weighted by Crippen LogP contribution is -2.31. The van der Waals surface area contributed by atoms with Gasteiger partial charge in [-0.2, -0.15) is 4.98 Å². The van der Waals surface area contributed by atoms with Crippen molar-refractivity contribution >= 4 is 28.5 Å². The molecule has 0 saturated heterocycles. The van der Waals surface area contributed by atoms with Gasteiger partial charge in [0.2, 0.25) is 0 Å². The van der Waals surface area contributed by atoms with E-state index >= 15 is 0 Å². The molecule has 1 amide bonds. The molecule has 4 aromatic rings. The van der Waals surface area contributed by atoms with Gasteiger partial charge in [-0.15, -0.1) is 0 Å². The Labute approximate surface area is 218 Å². The number of aromatic amines is 1. The summed E-state index contributed by atoms with van der Waals surface area (Å²) in [7, 11) is 0. The van der Waals surface area contributed by atoms with Gasteiger partial charge in [-0.3, -0.25) is 4.79 Å². The molecular formula is C27H26ClFN6O2. The number of amides is 1. The van der Waals surface area contributed by atoms with Gasteiger partial charge in [0.25, 0.3) is 11.8 Å². The Kier molecular flexibility index (Phi) is 7.83. The minimum Gasteiger partial charge on any atom is -0.345 e. The largest absolute Gasteiger partial charge is 0.345 e. The van der Waals surface area contributed by atoms with E-state index in [1.165, 1.54) is 12.1 Å². The molecule has 2 N–H and O–H groups in total.